The highest BCUT2D eigenvalue weighted by atomic mass is 16.6. The number of nitro benzene ring substituents is 2. The van der Waals surface area contributed by atoms with E-state index in [-0.39, 0.29) is 16.9 Å². The van der Waals surface area contributed by atoms with E-state index in [9.17, 15) is 25.0 Å². The molecule has 3 aromatic rings. The largest absolute Gasteiger partial charge is 0.457 e. The zero-order valence-electron chi connectivity index (χ0n) is 13.8. The molecule has 2 aromatic carbocycles. The smallest absolute Gasteiger partial charge is 0.270 e. The summed E-state index contributed by atoms with van der Waals surface area (Å²) in [6.45, 7) is 0. The number of nitrogens with zero attached hydrogens (tertiary/aromatic N) is 2. The molecule has 0 bridgehead atoms. The Labute approximate surface area is 152 Å². The van der Waals surface area contributed by atoms with Crippen molar-refractivity contribution in [3.8, 4) is 11.3 Å². The number of rotatable bonds is 6. The van der Waals surface area contributed by atoms with Crippen LogP contribution in [0.3, 0.4) is 0 Å². The number of ketones is 1. The Kier molecular flexibility index (Phi) is 4.89. The van der Waals surface area contributed by atoms with Gasteiger partial charge in [0.15, 0.2) is 5.78 Å². The van der Waals surface area contributed by atoms with Crippen molar-refractivity contribution in [2.45, 2.75) is 0 Å². The van der Waals surface area contributed by atoms with Gasteiger partial charge in [0, 0.05) is 35.4 Å². The SMILES string of the molecule is O=C(C=Cc1ccc(-c2ccc([N+](=O)[O-])cc2)o1)c1cccc([N+](=O)[O-])c1. The van der Waals surface area contributed by atoms with Crippen LogP contribution in [0.5, 0.6) is 0 Å². The Balaban J connectivity index is 1.75. The zero-order valence-corrected chi connectivity index (χ0v) is 13.8. The number of hydrogen-bond donors (Lipinski definition) is 0. The van der Waals surface area contributed by atoms with E-state index in [1.54, 1.807) is 24.3 Å². The van der Waals surface area contributed by atoms with Crippen LogP contribution in [-0.4, -0.2) is 15.6 Å². The Bertz CT molecular complexity index is 1050. The highest BCUT2D eigenvalue weighted by Crippen LogP contribution is 2.25. The number of furan rings is 1. The quantitative estimate of drug-likeness (QED) is 0.272. The molecule has 134 valence electrons. The summed E-state index contributed by atoms with van der Waals surface area (Å²) >= 11 is 0. The Morgan fingerprint density at radius 3 is 2.26 bits per heavy atom. The van der Waals surface area contributed by atoms with Crippen LogP contribution in [0.15, 0.2) is 71.2 Å². The van der Waals surface area contributed by atoms with Crippen molar-refractivity contribution in [1.29, 1.82) is 0 Å². The first-order valence-electron chi connectivity index (χ1n) is 7.75. The molecule has 8 heteroatoms. The normalized spacial score (nSPS) is 10.8. The second-order valence-electron chi connectivity index (χ2n) is 5.51. The van der Waals surface area contributed by atoms with Gasteiger partial charge in [-0.05, 0) is 36.4 Å². The van der Waals surface area contributed by atoms with E-state index in [1.807, 2.05) is 0 Å². The minimum absolute atomic E-state index is 0.0204. The summed E-state index contributed by atoms with van der Waals surface area (Å²) < 4.78 is 5.60. The van der Waals surface area contributed by atoms with Gasteiger partial charge in [0.1, 0.15) is 11.5 Å². The van der Waals surface area contributed by atoms with E-state index >= 15 is 0 Å². The van der Waals surface area contributed by atoms with Crippen LogP contribution in [-0.2, 0) is 0 Å². The first-order chi connectivity index (χ1) is 12.9. The fourth-order valence-corrected chi connectivity index (χ4v) is 2.37. The third-order valence-corrected chi connectivity index (χ3v) is 3.73. The van der Waals surface area contributed by atoms with Crippen molar-refractivity contribution in [3.63, 3.8) is 0 Å². The van der Waals surface area contributed by atoms with Crippen LogP contribution < -0.4 is 0 Å². The average Bonchev–Trinajstić information content (AvgIpc) is 3.15. The number of non-ortho nitro benzene ring substituents is 2. The molecule has 0 spiro atoms. The molecule has 0 aliphatic carbocycles. The van der Waals surface area contributed by atoms with E-state index in [1.165, 1.54) is 48.6 Å². The summed E-state index contributed by atoms with van der Waals surface area (Å²) in [4.78, 5) is 32.6. The molecule has 0 atom stereocenters. The molecule has 0 unspecified atom stereocenters. The van der Waals surface area contributed by atoms with Gasteiger partial charge in [-0.15, -0.1) is 0 Å². The lowest BCUT2D eigenvalue weighted by Crippen LogP contribution is -1.96. The molecule has 3 rings (SSSR count). The summed E-state index contributed by atoms with van der Waals surface area (Å²) in [6.07, 6.45) is 2.72. The molecule has 8 nitrogen and oxygen atoms in total. The molecule has 1 aromatic heterocycles. The van der Waals surface area contributed by atoms with Crippen molar-refractivity contribution in [1.82, 2.24) is 0 Å². The highest BCUT2D eigenvalue weighted by molar-refractivity contribution is 6.07. The summed E-state index contributed by atoms with van der Waals surface area (Å²) in [5.41, 5.74) is 0.675. The second-order valence-corrected chi connectivity index (χ2v) is 5.51. The highest BCUT2D eigenvalue weighted by Gasteiger charge is 2.10. The molecular formula is C19H12N2O6. The predicted molar refractivity (Wildman–Crippen MR) is 97.3 cm³/mol. The monoisotopic (exact) mass is 364 g/mol. The predicted octanol–water partition coefficient (Wildman–Crippen LogP) is 4.66. The minimum atomic E-state index is -0.566. The maximum absolute atomic E-state index is 12.2. The number of nitro groups is 2. The topological polar surface area (TPSA) is 116 Å². The zero-order chi connectivity index (χ0) is 19.4. The standard InChI is InChI=1S/C19H12N2O6/c22-18(14-2-1-3-16(12-14)21(25)26)10-8-17-9-11-19(27-17)13-4-6-15(7-5-13)20(23)24/h1-12H. The van der Waals surface area contributed by atoms with Gasteiger partial charge < -0.3 is 4.42 Å². The Morgan fingerprint density at radius 2 is 1.59 bits per heavy atom. The van der Waals surface area contributed by atoms with Crippen LogP contribution >= 0.6 is 0 Å². The third-order valence-electron chi connectivity index (χ3n) is 3.73. The summed E-state index contributed by atoms with van der Waals surface area (Å²) in [5.74, 6) is 0.501. The van der Waals surface area contributed by atoms with Crippen LogP contribution in [0.1, 0.15) is 16.1 Å². The maximum Gasteiger partial charge on any atom is 0.270 e. The average molecular weight is 364 g/mol. The summed E-state index contributed by atoms with van der Waals surface area (Å²) in [6, 6.07) is 14.7. The van der Waals surface area contributed by atoms with Gasteiger partial charge in [-0.25, -0.2) is 0 Å². The van der Waals surface area contributed by atoms with Gasteiger partial charge in [0.05, 0.1) is 9.85 Å². The van der Waals surface area contributed by atoms with Crippen molar-refractivity contribution in [2.75, 3.05) is 0 Å². The molecule has 27 heavy (non-hydrogen) atoms. The lowest BCUT2D eigenvalue weighted by Gasteiger charge is -1.97. The number of carbonyl (C=O) groups is 1. The fourth-order valence-electron chi connectivity index (χ4n) is 2.37. The van der Waals surface area contributed by atoms with Gasteiger partial charge in [-0.1, -0.05) is 12.1 Å². The van der Waals surface area contributed by atoms with Crippen LogP contribution in [0, 0.1) is 20.2 Å². The van der Waals surface area contributed by atoms with Crippen LogP contribution in [0.2, 0.25) is 0 Å². The minimum Gasteiger partial charge on any atom is -0.457 e. The van der Waals surface area contributed by atoms with Gasteiger partial charge in [0.25, 0.3) is 11.4 Å². The number of benzene rings is 2. The molecule has 0 aliphatic heterocycles. The third kappa shape index (κ3) is 4.13. The van der Waals surface area contributed by atoms with Crippen molar-refractivity contribution in [2.24, 2.45) is 0 Å². The lowest BCUT2D eigenvalue weighted by molar-refractivity contribution is -0.385. The first-order valence-corrected chi connectivity index (χ1v) is 7.75. The Hall–Kier alpha value is -4.07. The van der Waals surface area contributed by atoms with Crippen LogP contribution in [0.4, 0.5) is 11.4 Å². The van der Waals surface area contributed by atoms with Gasteiger partial charge in [-0.2, -0.15) is 0 Å². The van der Waals surface area contributed by atoms with E-state index in [4.69, 9.17) is 4.42 Å². The summed E-state index contributed by atoms with van der Waals surface area (Å²) in [5, 5.41) is 21.5. The van der Waals surface area contributed by atoms with E-state index in [0.717, 1.165) is 0 Å². The summed E-state index contributed by atoms with van der Waals surface area (Å²) in [7, 11) is 0. The second kappa shape index (κ2) is 7.44. The van der Waals surface area contributed by atoms with Gasteiger partial charge in [0.2, 0.25) is 0 Å². The van der Waals surface area contributed by atoms with E-state index < -0.39 is 15.6 Å². The van der Waals surface area contributed by atoms with E-state index in [0.29, 0.717) is 17.1 Å². The number of carbonyl (C=O) groups excluding carboxylic acids is 1. The van der Waals surface area contributed by atoms with Gasteiger partial charge in [-0.3, -0.25) is 25.0 Å². The number of hydrogen-bond acceptors (Lipinski definition) is 6. The molecular weight excluding hydrogens is 352 g/mol. The maximum atomic E-state index is 12.2. The lowest BCUT2D eigenvalue weighted by atomic mass is 10.1. The van der Waals surface area contributed by atoms with Crippen LogP contribution in [0.25, 0.3) is 17.4 Å². The molecule has 1 heterocycles. The van der Waals surface area contributed by atoms with Gasteiger partial charge >= 0.3 is 0 Å². The van der Waals surface area contributed by atoms with E-state index in [2.05, 4.69) is 0 Å². The molecule has 0 saturated heterocycles. The molecule has 0 amide bonds. The Morgan fingerprint density at radius 1 is 0.889 bits per heavy atom. The molecule has 0 radical (unpaired) electrons. The van der Waals surface area contributed by atoms with Crippen molar-refractivity contribution < 1.29 is 19.1 Å². The number of allylic oxidation sites excluding steroid dienone is 1. The fraction of sp³-hybridized carbons (Fsp3) is 0. The molecule has 0 N–H and O–H groups in total. The molecule has 0 saturated carbocycles. The van der Waals surface area contributed by atoms with Crippen molar-refractivity contribution >= 4 is 23.2 Å². The molecule has 0 fully saturated rings. The molecule has 0 aliphatic rings. The first kappa shape index (κ1) is 17.7. The van der Waals surface area contributed by atoms with Crippen molar-refractivity contribution in [3.05, 3.63) is 98.3 Å².